The molecule has 1 amide bonds. The van der Waals surface area contributed by atoms with Crippen LogP contribution >= 0.6 is 22.9 Å². The quantitative estimate of drug-likeness (QED) is 0.430. The van der Waals surface area contributed by atoms with E-state index in [9.17, 15) is 4.79 Å². The summed E-state index contributed by atoms with van der Waals surface area (Å²) in [6.07, 6.45) is 3.23. The second-order valence-corrected chi connectivity index (χ2v) is 8.97. The summed E-state index contributed by atoms with van der Waals surface area (Å²) < 4.78 is 8.93. The van der Waals surface area contributed by atoms with Crippen molar-refractivity contribution in [3.63, 3.8) is 0 Å². The van der Waals surface area contributed by atoms with Crippen molar-refractivity contribution in [2.24, 2.45) is 0 Å². The molecule has 5 rings (SSSR count). The topological polar surface area (TPSA) is 60.3 Å². The number of amides is 1. The van der Waals surface area contributed by atoms with E-state index in [0.29, 0.717) is 28.9 Å². The highest BCUT2D eigenvalue weighted by atomic mass is 35.5. The van der Waals surface area contributed by atoms with E-state index >= 15 is 0 Å². The summed E-state index contributed by atoms with van der Waals surface area (Å²) in [6.45, 7) is 3.22. The van der Waals surface area contributed by atoms with Gasteiger partial charge in [0.1, 0.15) is 11.6 Å². The van der Waals surface area contributed by atoms with Crippen LogP contribution in [0.5, 0.6) is 5.19 Å². The minimum absolute atomic E-state index is 0.0184. The third-order valence-electron chi connectivity index (χ3n) is 5.59. The first-order chi connectivity index (χ1) is 15.1. The van der Waals surface area contributed by atoms with E-state index in [4.69, 9.17) is 16.3 Å². The lowest BCUT2D eigenvalue weighted by atomic mass is 10.1. The molecule has 4 aromatic rings. The van der Waals surface area contributed by atoms with E-state index in [-0.39, 0.29) is 12.0 Å². The second-order valence-electron chi connectivity index (χ2n) is 7.57. The fourth-order valence-corrected chi connectivity index (χ4v) is 5.06. The molecule has 0 bridgehead atoms. The lowest BCUT2D eigenvalue weighted by Crippen LogP contribution is -2.41. The van der Waals surface area contributed by atoms with Gasteiger partial charge in [0, 0.05) is 25.9 Å². The summed E-state index contributed by atoms with van der Waals surface area (Å²) in [7, 11) is 0. The lowest BCUT2D eigenvalue weighted by molar-refractivity contribution is 0.0595. The Balaban J connectivity index is 1.24. The number of likely N-dealkylation sites (tertiary alicyclic amines) is 1. The molecule has 0 N–H and O–H groups in total. The molecule has 8 heteroatoms. The van der Waals surface area contributed by atoms with Gasteiger partial charge in [-0.15, -0.1) is 0 Å². The van der Waals surface area contributed by atoms with Crippen LogP contribution in [0.15, 0.2) is 54.7 Å². The van der Waals surface area contributed by atoms with Crippen LogP contribution in [0.1, 0.15) is 28.9 Å². The number of para-hydroxylation sites is 2. The zero-order valence-corrected chi connectivity index (χ0v) is 18.6. The minimum Gasteiger partial charge on any atom is -0.467 e. The van der Waals surface area contributed by atoms with Crippen molar-refractivity contribution < 1.29 is 9.53 Å². The van der Waals surface area contributed by atoms with Gasteiger partial charge in [0.25, 0.3) is 11.1 Å². The van der Waals surface area contributed by atoms with Gasteiger partial charge in [-0.05, 0) is 31.2 Å². The van der Waals surface area contributed by atoms with E-state index < -0.39 is 0 Å². The Morgan fingerprint density at radius 3 is 2.65 bits per heavy atom. The molecule has 1 fully saturated rings. The van der Waals surface area contributed by atoms with Crippen molar-refractivity contribution in [3.8, 4) is 10.9 Å². The number of nitrogens with zero attached hydrogens (tertiary/aromatic N) is 4. The van der Waals surface area contributed by atoms with E-state index in [1.807, 2.05) is 60.4 Å². The van der Waals surface area contributed by atoms with Crippen molar-refractivity contribution in [1.82, 2.24) is 19.7 Å². The molecule has 31 heavy (non-hydrogen) atoms. The van der Waals surface area contributed by atoms with Gasteiger partial charge < -0.3 is 9.64 Å². The molecule has 1 saturated heterocycles. The average Bonchev–Trinajstić information content (AvgIpc) is 3.38. The second kappa shape index (κ2) is 8.32. The maximum absolute atomic E-state index is 13.1. The maximum Gasteiger partial charge on any atom is 0.274 e. The Morgan fingerprint density at radius 2 is 1.90 bits per heavy atom. The number of carbonyl (C=O) groups is 1. The summed E-state index contributed by atoms with van der Waals surface area (Å²) in [6, 6.07) is 15.6. The van der Waals surface area contributed by atoms with Crippen LogP contribution in [0, 0.1) is 6.92 Å². The fourth-order valence-electron chi connectivity index (χ4n) is 3.88. The molecule has 0 unspecified atom stereocenters. The Morgan fingerprint density at radius 1 is 1.13 bits per heavy atom. The number of piperidine rings is 1. The summed E-state index contributed by atoms with van der Waals surface area (Å²) in [5.74, 6) is 0.0184. The van der Waals surface area contributed by atoms with Crippen LogP contribution in [-0.2, 0) is 0 Å². The molecule has 6 nitrogen and oxygen atoms in total. The molecule has 0 atom stereocenters. The highest BCUT2D eigenvalue weighted by Gasteiger charge is 2.27. The highest BCUT2D eigenvalue weighted by Crippen LogP contribution is 2.33. The number of rotatable bonds is 4. The first-order valence-electron chi connectivity index (χ1n) is 10.2. The normalized spacial score (nSPS) is 14.8. The molecule has 0 saturated carbocycles. The molecule has 158 valence electrons. The third-order valence-corrected chi connectivity index (χ3v) is 6.80. The van der Waals surface area contributed by atoms with Gasteiger partial charge in [0.2, 0.25) is 0 Å². The van der Waals surface area contributed by atoms with Crippen molar-refractivity contribution >= 4 is 39.1 Å². The number of halogens is 1. The monoisotopic (exact) mass is 452 g/mol. The van der Waals surface area contributed by atoms with Crippen LogP contribution in [0.25, 0.3) is 15.9 Å². The first kappa shape index (κ1) is 20.0. The molecule has 0 aliphatic carbocycles. The van der Waals surface area contributed by atoms with E-state index in [2.05, 4.69) is 10.1 Å². The maximum atomic E-state index is 13.1. The molecule has 0 spiro atoms. The van der Waals surface area contributed by atoms with Crippen LogP contribution in [0.2, 0.25) is 5.02 Å². The Kier molecular flexibility index (Phi) is 5.38. The lowest BCUT2D eigenvalue weighted by Gasteiger charge is -2.31. The standard InChI is InChI=1S/C23H21ClN4O2S/c1-15-18(14-25-28(15)16-6-3-2-4-7-16)22(29)27-12-10-17(11-13-27)30-23-26-21-19(24)8-5-9-20(21)31-23/h2-9,14,17H,10-13H2,1H3. The van der Waals surface area contributed by atoms with Crippen LogP contribution < -0.4 is 4.74 Å². The van der Waals surface area contributed by atoms with Gasteiger partial charge in [0.15, 0.2) is 0 Å². The Labute approximate surface area is 189 Å². The molecule has 2 aromatic carbocycles. The molecule has 1 aliphatic heterocycles. The van der Waals surface area contributed by atoms with Gasteiger partial charge in [0.05, 0.1) is 32.9 Å². The Bertz CT molecular complexity index is 1230. The zero-order chi connectivity index (χ0) is 21.4. The van der Waals surface area contributed by atoms with Crippen molar-refractivity contribution in [3.05, 3.63) is 71.0 Å². The summed E-state index contributed by atoms with van der Waals surface area (Å²) in [5, 5.41) is 5.69. The van der Waals surface area contributed by atoms with Crippen molar-refractivity contribution in [2.45, 2.75) is 25.9 Å². The fraction of sp³-hybridized carbons (Fsp3) is 0.261. The third kappa shape index (κ3) is 3.91. The highest BCUT2D eigenvalue weighted by molar-refractivity contribution is 7.20. The predicted octanol–water partition coefficient (Wildman–Crippen LogP) is 5.13. The summed E-state index contributed by atoms with van der Waals surface area (Å²) >= 11 is 7.72. The molecule has 0 radical (unpaired) electrons. The van der Waals surface area contributed by atoms with Gasteiger partial charge in [-0.25, -0.2) is 9.67 Å². The largest absolute Gasteiger partial charge is 0.467 e. The number of benzene rings is 2. The summed E-state index contributed by atoms with van der Waals surface area (Å²) in [4.78, 5) is 19.5. The van der Waals surface area contributed by atoms with Crippen molar-refractivity contribution in [1.29, 1.82) is 0 Å². The molecular weight excluding hydrogens is 432 g/mol. The number of thiazole rings is 1. The summed E-state index contributed by atoms with van der Waals surface area (Å²) in [5.41, 5.74) is 3.22. The SMILES string of the molecule is Cc1c(C(=O)N2CCC(Oc3nc4c(Cl)cccc4s3)CC2)cnn1-c1ccccc1. The predicted molar refractivity (Wildman–Crippen MR) is 122 cm³/mol. The number of hydrogen-bond acceptors (Lipinski definition) is 5. The molecular formula is C23H21ClN4O2S. The first-order valence-corrected chi connectivity index (χ1v) is 11.4. The van der Waals surface area contributed by atoms with E-state index in [0.717, 1.165) is 34.4 Å². The van der Waals surface area contributed by atoms with Gasteiger partial charge >= 0.3 is 0 Å². The van der Waals surface area contributed by atoms with E-state index in [1.165, 1.54) is 11.3 Å². The zero-order valence-electron chi connectivity index (χ0n) is 17.0. The number of ether oxygens (including phenoxy) is 1. The number of fused-ring (bicyclic) bond motifs is 1. The molecule has 2 aromatic heterocycles. The average molecular weight is 453 g/mol. The van der Waals surface area contributed by atoms with Crippen molar-refractivity contribution in [2.75, 3.05) is 13.1 Å². The number of hydrogen-bond donors (Lipinski definition) is 0. The van der Waals surface area contributed by atoms with Gasteiger partial charge in [-0.2, -0.15) is 5.10 Å². The molecule has 1 aliphatic rings. The Hall–Kier alpha value is -2.90. The smallest absolute Gasteiger partial charge is 0.274 e. The number of aromatic nitrogens is 3. The van der Waals surface area contributed by atoms with Crippen LogP contribution in [0.4, 0.5) is 0 Å². The minimum atomic E-state index is 0.0184. The van der Waals surface area contributed by atoms with E-state index in [1.54, 1.807) is 10.9 Å². The van der Waals surface area contributed by atoms with Crippen LogP contribution in [-0.4, -0.2) is 44.8 Å². The number of carbonyl (C=O) groups excluding carboxylic acids is 1. The van der Waals surface area contributed by atoms with Crippen LogP contribution in [0.3, 0.4) is 0 Å². The molecule has 3 heterocycles. The van der Waals surface area contributed by atoms with Gasteiger partial charge in [-0.1, -0.05) is 47.2 Å². The van der Waals surface area contributed by atoms with Gasteiger partial charge in [-0.3, -0.25) is 4.79 Å².